The van der Waals surface area contributed by atoms with Crippen molar-refractivity contribution in [1.82, 2.24) is 9.88 Å². The van der Waals surface area contributed by atoms with Crippen LogP contribution in [0.4, 0.5) is 11.4 Å². The topological polar surface area (TPSA) is 48.9 Å². The number of aryl methyl sites for hydroxylation is 2. The van der Waals surface area contributed by atoms with Gasteiger partial charge in [-0.3, -0.25) is 14.7 Å². The number of nitrogens with zero attached hydrogens (tertiary/aromatic N) is 4. The molecule has 2 aliphatic rings. The third-order valence-corrected chi connectivity index (χ3v) is 8.89. The van der Waals surface area contributed by atoms with Gasteiger partial charge in [-0.05, 0) is 87.3 Å². The number of amides is 1. The number of hydrogen-bond donors (Lipinski definition) is 0. The molecule has 0 bridgehead atoms. The number of piperazine rings is 1. The fraction of sp³-hybridized carbons (Fsp3) is 0.353. The van der Waals surface area contributed by atoms with Gasteiger partial charge < -0.3 is 14.5 Å². The Labute approximate surface area is 237 Å². The first-order valence-corrected chi connectivity index (χ1v) is 14.2. The maximum absolute atomic E-state index is 14.2. The predicted octanol–water partition coefficient (Wildman–Crippen LogP) is 6.26. The van der Waals surface area contributed by atoms with E-state index in [0.717, 1.165) is 81.0 Å². The fourth-order valence-electron chi connectivity index (χ4n) is 6.46. The summed E-state index contributed by atoms with van der Waals surface area (Å²) in [4.78, 5) is 25.7. The van der Waals surface area contributed by atoms with Gasteiger partial charge in [0.2, 0.25) is 0 Å². The molecule has 4 aromatic rings. The highest BCUT2D eigenvalue weighted by Gasteiger charge is 2.32. The minimum Gasteiger partial charge on any atom is -0.495 e. The third kappa shape index (κ3) is 4.40. The van der Waals surface area contributed by atoms with E-state index in [9.17, 15) is 4.79 Å². The van der Waals surface area contributed by atoms with Gasteiger partial charge in [0, 0.05) is 59.9 Å². The molecule has 1 fully saturated rings. The summed E-state index contributed by atoms with van der Waals surface area (Å²) in [6, 6.07) is 21.7. The van der Waals surface area contributed by atoms with E-state index in [2.05, 4.69) is 72.1 Å². The first-order chi connectivity index (χ1) is 19.3. The zero-order valence-electron chi connectivity index (χ0n) is 24.4. The standard InChI is InChI=1S/C34H38N4O2/c1-21-11-12-26(24(4)35-21)29-13-14-30(28-10-8-7-9-27(28)29)34(39)38-16-15-25-17-33(40-6)32(18-31(25)38)37-19-22(2)36(5)23(3)20-37/h7-14,17-18,22-23H,15-16,19-20H2,1-6H3/t22-,23+. The molecule has 3 heterocycles. The highest BCUT2D eigenvalue weighted by Crippen LogP contribution is 2.41. The van der Waals surface area contributed by atoms with Crippen molar-refractivity contribution in [3.8, 4) is 16.9 Å². The number of rotatable bonds is 4. The Hall–Kier alpha value is -3.90. The van der Waals surface area contributed by atoms with Gasteiger partial charge in [0.15, 0.2) is 0 Å². The van der Waals surface area contributed by atoms with E-state index >= 15 is 0 Å². The number of likely N-dealkylation sites (N-methyl/N-ethyl adjacent to an activating group) is 1. The summed E-state index contributed by atoms with van der Waals surface area (Å²) in [5.41, 5.74) is 8.13. The van der Waals surface area contributed by atoms with Gasteiger partial charge in [-0.25, -0.2) is 0 Å². The Balaban J connectivity index is 1.40. The number of fused-ring (bicyclic) bond motifs is 2. The molecule has 1 amide bonds. The molecular formula is C34H38N4O2. The second-order valence-electron chi connectivity index (χ2n) is 11.4. The van der Waals surface area contributed by atoms with E-state index in [1.54, 1.807) is 7.11 Å². The highest BCUT2D eigenvalue weighted by molar-refractivity contribution is 6.17. The van der Waals surface area contributed by atoms with Crippen molar-refractivity contribution in [2.24, 2.45) is 0 Å². The van der Waals surface area contributed by atoms with Crippen molar-refractivity contribution in [3.05, 3.63) is 83.2 Å². The molecule has 206 valence electrons. The zero-order chi connectivity index (χ0) is 28.1. The van der Waals surface area contributed by atoms with Crippen LogP contribution < -0.4 is 14.5 Å². The number of carbonyl (C=O) groups excluding carboxylic acids is 1. The van der Waals surface area contributed by atoms with Gasteiger partial charge in [-0.2, -0.15) is 0 Å². The van der Waals surface area contributed by atoms with Crippen molar-refractivity contribution >= 4 is 28.1 Å². The number of anilines is 2. The van der Waals surface area contributed by atoms with Crippen LogP contribution in [0.1, 0.15) is 41.2 Å². The number of carbonyl (C=O) groups is 1. The molecule has 40 heavy (non-hydrogen) atoms. The van der Waals surface area contributed by atoms with Crippen LogP contribution in [0.25, 0.3) is 21.9 Å². The fourth-order valence-corrected chi connectivity index (χ4v) is 6.46. The van der Waals surface area contributed by atoms with Crippen LogP contribution in [0, 0.1) is 13.8 Å². The molecule has 6 heteroatoms. The summed E-state index contributed by atoms with van der Waals surface area (Å²) in [7, 11) is 3.93. The van der Waals surface area contributed by atoms with Gasteiger partial charge >= 0.3 is 0 Å². The van der Waals surface area contributed by atoms with Gasteiger partial charge in [-0.15, -0.1) is 0 Å². The first-order valence-electron chi connectivity index (χ1n) is 14.2. The molecule has 2 aliphatic heterocycles. The maximum Gasteiger partial charge on any atom is 0.258 e. The number of ether oxygens (including phenoxy) is 1. The monoisotopic (exact) mass is 534 g/mol. The van der Waals surface area contributed by atoms with E-state index in [-0.39, 0.29) is 5.91 Å². The van der Waals surface area contributed by atoms with Crippen LogP contribution in [0.3, 0.4) is 0 Å². The molecular weight excluding hydrogens is 496 g/mol. The van der Waals surface area contributed by atoms with Crippen molar-refractivity contribution in [3.63, 3.8) is 0 Å². The lowest BCUT2D eigenvalue weighted by molar-refractivity contribution is 0.0991. The van der Waals surface area contributed by atoms with Crippen LogP contribution in [0.5, 0.6) is 5.75 Å². The molecule has 0 N–H and O–H groups in total. The smallest absolute Gasteiger partial charge is 0.258 e. The summed E-state index contributed by atoms with van der Waals surface area (Å²) >= 11 is 0. The quantitative estimate of drug-likeness (QED) is 0.309. The highest BCUT2D eigenvalue weighted by atomic mass is 16.5. The maximum atomic E-state index is 14.2. The Morgan fingerprint density at radius 1 is 0.900 bits per heavy atom. The average Bonchev–Trinajstić information content (AvgIpc) is 3.37. The molecule has 0 aliphatic carbocycles. The van der Waals surface area contributed by atoms with Crippen molar-refractivity contribution in [2.75, 3.05) is 43.6 Å². The van der Waals surface area contributed by atoms with E-state index in [4.69, 9.17) is 4.74 Å². The number of hydrogen-bond acceptors (Lipinski definition) is 5. The summed E-state index contributed by atoms with van der Waals surface area (Å²) in [5, 5.41) is 2.03. The Morgan fingerprint density at radius 3 is 2.30 bits per heavy atom. The SMILES string of the molecule is COc1cc2c(cc1N1C[C@@H](C)N(C)[C@@H](C)C1)N(C(=O)c1ccc(-c3ccc(C)nc3C)c3ccccc13)CC2. The Kier molecular flexibility index (Phi) is 6.75. The lowest BCUT2D eigenvalue weighted by Gasteiger charge is -2.44. The molecule has 0 saturated carbocycles. The lowest BCUT2D eigenvalue weighted by atomic mass is 9.93. The van der Waals surface area contributed by atoms with E-state index in [1.165, 1.54) is 0 Å². The van der Waals surface area contributed by atoms with Crippen molar-refractivity contribution in [2.45, 2.75) is 46.2 Å². The molecule has 0 unspecified atom stereocenters. The van der Waals surface area contributed by atoms with Crippen molar-refractivity contribution in [1.29, 1.82) is 0 Å². The summed E-state index contributed by atoms with van der Waals surface area (Å²) < 4.78 is 5.87. The van der Waals surface area contributed by atoms with Gasteiger partial charge in [0.05, 0.1) is 12.8 Å². The van der Waals surface area contributed by atoms with Crippen LogP contribution in [-0.4, -0.2) is 61.7 Å². The molecule has 6 nitrogen and oxygen atoms in total. The molecule has 0 spiro atoms. The molecule has 3 aromatic carbocycles. The van der Waals surface area contributed by atoms with Crippen LogP contribution in [0.15, 0.2) is 60.7 Å². The summed E-state index contributed by atoms with van der Waals surface area (Å²) in [5.74, 6) is 0.922. The molecule has 6 rings (SSSR count). The number of pyridine rings is 1. The summed E-state index contributed by atoms with van der Waals surface area (Å²) in [6.45, 7) is 11.1. The number of methoxy groups -OCH3 is 1. The largest absolute Gasteiger partial charge is 0.495 e. The minimum absolute atomic E-state index is 0.0384. The summed E-state index contributed by atoms with van der Waals surface area (Å²) in [6.07, 6.45) is 0.817. The lowest BCUT2D eigenvalue weighted by Crippen LogP contribution is -2.55. The van der Waals surface area contributed by atoms with Crippen LogP contribution in [0.2, 0.25) is 0 Å². The molecule has 1 saturated heterocycles. The second-order valence-corrected chi connectivity index (χ2v) is 11.4. The third-order valence-electron chi connectivity index (χ3n) is 8.89. The Bertz CT molecular complexity index is 1600. The average molecular weight is 535 g/mol. The molecule has 2 atom stereocenters. The Morgan fingerprint density at radius 2 is 1.60 bits per heavy atom. The van der Waals surface area contributed by atoms with Gasteiger partial charge in [0.1, 0.15) is 5.75 Å². The van der Waals surface area contributed by atoms with Crippen LogP contribution in [-0.2, 0) is 6.42 Å². The normalized spacial score (nSPS) is 19.2. The zero-order valence-corrected chi connectivity index (χ0v) is 24.4. The minimum atomic E-state index is 0.0384. The molecule has 0 radical (unpaired) electrons. The number of aromatic nitrogens is 1. The first kappa shape index (κ1) is 26.3. The second kappa shape index (κ2) is 10.3. The predicted molar refractivity (Wildman–Crippen MR) is 164 cm³/mol. The van der Waals surface area contributed by atoms with Gasteiger partial charge in [0.25, 0.3) is 5.91 Å². The van der Waals surface area contributed by atoms with E-state index < -0.39 is 0 Å². The molecule has 1 aromatic heterocycles. The number of benzene rings is 3. The van der Waals surface area contributed by atoms with E-state index in [1.807, 2.05) is 43.0 Å². The van der Waals surface area contributed by atoms with Crippen LogP contribution >= 0.6 is 0 Å². The van der Waals surface area contributed by atoms with Crippen molar-refractivity contribution < 1.29 is 9.53 Å². The van der Waals surface area contributed by atoms with E-state index in [0.29, 0.717) is 18.6 Å². The van der Waals surface area contributed by atoms with Gasteiger partial charge in [-0.1, -0.05) is 36.4 Å².